The van der Waals surface area contributed by atoms with E-state index in [1.807, 2.05) is 27.7 Å². The van der Waals surface area contributed by atoms with E-state index in [9.17, 15) is 14.4 Å². The normalized spacial score (nSPS) is 37.5. The Kier molecular flexibility index (Phi) is 4.44. The van der Waals surface area contributed by atoms with Crippen LogP contribution in [0, 0.1) is 23.7 Å². The standard InChI is InChI=1S/C20H28O6/c1-10(2)16(21)24-13-8-11-7-12(13)15-14(11)17(22)25-19(3,4)9-20(5,6)26-18(15)23/h11-15H,1,7-9H2,2-6H3. The van der Waals surface area contributed by atoms with Gasteiger partial charge in [-0.15, -0.1) is 0 Å². The summed E-state index contributed by atoms with van der Waals surface area (Å²) in [6.07, 6.45) is 1.26. The predicted octanol–water partition coefficient (Wildman–Crippen LogP) is 2.79. The van der Waals surface area contributed by atoms with Crippen molar-refractivity contribution in [3.8, 4) is 0 Å². The zero-order chi connectivity index (χ0) is 19.4. The minimum Gasteiger partial charge on any atom is -0.459 e. The number of hydrogen-bond acceptors (Lipinski definition) is 6. The van der Waals surface area contributed by atoms with E-state index in [-0.39, 0.29) is 23.9 Å². The first-order chi connectivity index (χ1) is 11.9. The summed E-state index contributed by atoms with van der Waals surface area (Å²) in [5.41, 5.74) is -1.14. The van der Waals surface area contributed by atoms with E-state index in [2.05, 4.69) is 6.58 Å². The molecule has 0 N–H and O–H groups in total. The molecule has 0 spiro atoms. The molecular weight excluding hydrogens is 336 g/mol. The molecule has 1 heterocycles. The lowest BCUT2D eigenvalue weighted by Crippen LogP contribution is -2.43. The van der Waals surface area contributed by atoms with E-state index in [0.717, 1.165) is 0 Å². The van der Waals surface area contributed by atoms with Gasteiger partial charge in [0, 0.05) is 17.9 Å². The Balaban J connectivity index is 1.89. The van der Waals surface area contributed by atoms with Crippen molar-refractivity contribution in [2.24, 2.45) is 23.7 Å². The highest BCUT2D eigenvalue weighted by Gasteiger charge is 2.62. The summed E-state index contributed by atoms with van der Waals surface area (Å²) in [4.78, 5) is 37.7. The van der Waals surface area contributed by atoms with Crippen LogP contribution in [0.25, 0.3) is 0 Å². The molecule has 144 valence electrons. The van der Waals surface area contributed by atoms with E-state index in [1.54, 1.807) is 6.92 Å². The maximum atomic E-state index is 12.9. The average molecular weight is 364 g/mol. The van der Waals surface area contributed by atoms with Crippen LogP contribution in [0.5, 0.6) is 0 Å². The number of cyclic esters (lactones) is 2. The molecule has 3 fully saturated rings. The molecule has 26 heavy (non-hydrogen) atoms. The molecule has 3 aliphatic rings. The van der Waals surface area contributed by atoms with Crippen LogP contribution < -0.4 is 0 Å². The van der Waals surface area contributed by atoms with Crippen molar-refractivity contribution in [1.82, 2.24) is 0 Å². The van der Waals surface area contributed by atoms with Crippen molar-refractivity contribution in [2.75, 3.05) is 0 Å². The van der Waals surface area contributed by atoms with Gasteiger partial charge in [0.2, 0.25) is 0 Å². The molecule has 3 rings (SSSR count). The molecule has 0 aromatic rings. The van der Waals surface area contributed by atoms with Gasteiger partial charge in [0.05, 0.1) is 11.8 Å². The fourth-order valence-electron chi connectivity index (χ4n) is 5.11. The number of fused-ring (bicyclic) bond motifs is 5. The lowest BCUT2D eigenvalue weighted by molar-refractivity contribution is -0.173. The third-order valence-corrected chi connectivity index (χ3v) is 5.70. The van der Waals surface area contributed by atoms with Crippen molar-refractivity contribution >= 4 is 17.9 Å². The lowest BCUT2D eigenvalue weighted by Gasteiger charge is -2.33. The van der Waals surface area contributed by atoms with Crippen molar-refractivity contribution in [3.05, 3.63) is 12.2 Å². The van der Waals surface area contributed by atoms with Gasteiger partial charge >= 0.3 is 17.9 Å². The van der Waals surface area contributed by atoms with Crippen molar-refractivity contribution < 1.29 is 28.6 Å². The Morgan fingerprint density at radius 3 is 2.12 bits per heavy atom. The molecule has 6 nitrogen and oxygen atoms in total. The molecule has 1 aliphatic heterocycles. The molecular formula is C20H28O6. The Morgan fingerprint density at radius 1 is 1.04 bits per heavy atom. The number of ether oxygens (including phenoxy) is 3. The second kappa shape index (κ2) is 6.10. The third-order valence-electron chi connectivity index (χ3n) is 5.70. The summed E-state index contributed by atoms with van der Waals surface area (Å²) in [6, 6.07) is 0. The van der Waals surface area contributed by atoms with Gasteiger partial charge in [0.15, 0.2) is 0 Å². The summed E-state index contributed by atoms with van der Waals surface area (Å²) in [5.74, 6) is -2.60. The predicted molar refractivity (Wildman–Crippen MR) is 92.8 cm³/mol. The first-order valence-corrected chi connectivity index (χ1v) is 9.22. The fourth-order valence-corrected chi connectivity index (χ4v) is 5.11. The van der Waals surface area contributed by atoms with Crippen LogP contribution >= 0.6 is 0 Å². The van der Waals surface area contributed by atoms with Gasteiger partial charge in [0.25, 0.3) is 0 Å². The average Bonchev–Trinajstić information content (AvgIpc) is 3.01. The van der Waals surface area contributed by atoms with Gasteiger partial charge in [-0.05, 0) is 53.4 Å². The van der Waals surface area contributed by atoms with Crippen LogP contribution in [0.15, 0.2) is 12.2 Å². The quantitative estimate of drug-likeness (QED) is 0.426. The Labute approximate surface area is 154 Å². The SMILES string of the molecule is C=C(C)C(=O)OC1CC2CC1C1C(=O)OC(C)(C)CC(C)(C)OC(=O)C21. The second-order valence-corrected chi connectivity index (χ2v) is 9.21. The largest absolute Gasteiger partial charge is 0.459 e. The number of esters is 3. The van der Waals surface area contributed by atoms with Crippen LogP contribution in [-0.2, 0) is 28.6 Å². The molecule has 0 aromatic carbocycles. The van der Waals surface area contributed by atoms with Crippen molar-refractivity contribution in [2.45, 2.75) is 71.2 Å². The minimum atomic E-state index is -0.749. The first kappa shape index (κ1) is 18.9. The van der Waals surface area contributed by atoms with Gasteiger partial charge in [-0.25, -0.2) is 4.79 Å². The molecule has 2 bridgehead atoms. The number of carbonyl (C=O) groups is 3. The summed E-state index contributed by atoms with van der Waals surface area (Å²) in [7, 11) is 0. The summed E-state index contributed by atoms with van der Waals surface area (Å²) < 4.78 is 17.1. The Morgan fingerprint density at radius 2 is 1.58 bits per heavy atom. The molecule has 5 unspecified atom stereocenters. The van der Waals surface area contributed by atoms with Crippen molar-refractivity contribution in [3.63, 3.8) is 0 Å². The number of hydrogen-bond donors (Lipinski definition) is 0. The molecule has 6 heteroatoms. The maximum absolute atomic E-state index is 12.9. The van der Waals surface area contributed by atoms with Gasteiger partial charge in [-0.3, -0.25) is 9.59 Å². The summed E-state index contributed by atoms with van der Waals surface area (Å²) >= 11 is 0. The van der Waals surface area contributed by atoms with Gasteiger partial charge < -0.3 is 14.2 Å². The monoisotopic (exact) mass is 364 g/mol. The zero-order valence-corrected chi connectivity index (χ0v) is 16.2. The maximum Gasteiger partial charge on any atom is 0.333 e. The van der Waals surface area contributed by atoms with Crippen LogP contribution in [0.4, 0.5) is 0 Å². The van der Waals surface area contributed by atoms with Crippen LogP contribution in [0.2, 0.25) is 0 Å². The first-order valence-electron chi connectivity index (χ1n) is 9.22. The molecule has 0 amide bonds. The Bertz CT molecular complexity index is 661. The van der Waals surface area contributed by atoms with Crippen molar-refractivity contribution in [1.29, 1.82) is 0 Å². The smallest absolute Gasteiger partial charge is 0.333 e. The topological polar surface area (TPSA) is 78.9 Å². The summed E-state index contributed by atoms with van der Waals surface area (Å²) in [5, 5.41) is 0. The molecule has 5 atom stereocenters. The molecule has 1 saturated heterocycles. The van der Waals surface area contributed by atoms with E-state index >= 15 is 0 Å². The van der Waals surface area contributed by atoms with E-state index < -0.39 is 35.0 Å². The van der Waals surface area contributed by atoms with Gasteiger partial charge in [-0.2, -0.15) is 0 Å². The molecule has 2 saturated carbocycles. The molecule has 2 aliphatic carbocycles. The highest BCUT2D eigenvalue weighted by atomic mass is 16.6. The highest BCUT2D eigenvalue weighted by Crippen LogP contribution is 2.55. The fraction of sp³-hybridized carbons (Fsp3) is 0.750. The Hall–Kier alpha value is -1.85. The zero-order valence-electron chi connectivity index (χ0n) is 16.2. The molecule has 0 radical (unpaired) electrons. The lowest BCUT2D eigenvalue weighted by atomic mass is 9.77. The van der Waals surface area contributed by atoms with E-state index in [0.29, 0.717) is 24.8 Å². The van der Waals surface area contributed by atoms with Crippen LogP contribution in [-0.4, -0.2) is 35.2 Å². The van der Waals surface area contributed by atoms with Gasteiger partial charge in [0.1, 0.15) is 17.3 Å². The van der Waals surface area contributed by atoms with Crippen LogP contribution in [0.1, 0.15) is 53.9 Å². The van der Waals surface area contributed by atoms with E-state index in [1.165, 1.54) is 0 Å². The van der Waals surface area contributed by atoms with Gasteiger partial charge in [-0.1, -0.05) is 6.58 Å². The van der Waals surface area contributed by atoms with Crippen LogP contribution in [0.3, 0.4) is 0 Å². The number of rotatable bonds is 2. The third kappa shape index (κ3) is 3.38. The summed E-state index contributed by atoms with van der Waals surface area (Å²) in [6.45, 7) is 12.5. The van der Waals surface area contributed by atoms with E-state index in [4.69, 9.17) is 14.2 Å². The number of carbonyl (C=O) groups excluding carboxylic acids is 3. The highest BCUT2D eigenvalue weighted by molar-refractivity contribution is 5.87. The second-order valence-electron chi connectivity index (χ2n) is 9.21. The minimum absolute atomic E-state index is 0.0371. The molecule has 0 aromatic heterocycles.